The fourth-order valence-corrected chi connectivity index (χ4v) is 4.74. The van der Waals surface area contributed by atoms with Crippen molar-refractivity contribution < 1.29 is 9.00 Å². The van der Waals surface area contributed by atoms with Gasteiger partial charge in [0.2, 0.25) is 5.91 Å². The average Bonchev–Trinajstić information content (AvgIpc) is 3.05. The number of hydrogen-bond donors (Lipinski definition) is 1. The summed E-state index contributed by atoms with van der Waals surface area (Å²) in [6.07, 6.45) is 7.26. The van der Waals surface area contributed by atoms with Crippen LogP contribution >= 0.6 is 11.3 Å². The van der Waals surface area contributed by atoms with Crippen molar-refractivity contribution in [3.05, 3.63) is 59.3 Å². The van der Waals surface area contributed by atoms with Gasteiger partial charge in [-0.2, -0.15) is 0 Å². The Morgan fingerprint density at radius 3 is 2.54 bits per heavy atom. The van der Waals surface area contributed by atoms with Crippen molar-refractivity contribution >= 4 is 44.5 Å². The first kappa shape index (κ1) is 21.7. The van der Waals surface area contributed by atoms with E-state index in [9.17, 15) is 9.00 Å². The number of likely N-dealkylation sites (N-methyl/N-ethyl adjacent to an activating group) is 1. The number of carbonyl (C=O) groups excluding carboxylic acids is 1. The molecule has 148 valence electrons. The summed E-state index contributed by atoms with van der Waals surface area (Å²) in [7, 11) is -1.22. The minimum Gasteiger partial charge on any atom is -0.291 e. The number of allylic oxidation sites excluding steroid dienone is 3. The molecule has 2 aromatic rings. The predicted molar refractivity (Wildman–Crippen MR) is 118 cm³/mol. The SMILES string of the molecule is C=N/C(=C\C=C/C)c1ccc(CC(=O)N(C)c2nc(C)c(S(C)(=N)=O)s2)cc1. The Kier molecular flexibility index (Phi) is 7.04. The van der Waals surface area contributed by atoms with Crippen LogP contribution in [0.4, 0.5) is 5.13 Å². The van der Waals surface area contributed by atoms with Crippen LogP contribution in [0.25, 0.3) is 5.70 Å². The Balaban J connectivity index is 2.15. The van der Waals surface area contributed by atoms with Crippen LogP contribution in [0.1, 0.15) is 23.7 Å². The highest BCUT2D eigenvalue weighted by molar-refractivity contribution is 7.93. The first-order valence-electron chi connectivity index (χ1n) is 8.54. The first-order chi connectivity index (χ1) is 13.2. The lowest BCUT2D eigenvalue weighted by Crippen LogP contribution is -2.27. The Morgan fingerprint density at radius 1 is 1.39 bits per heavy atom. The van der Waals surface area contributed by atoms with E-state index < -0.39 is 9.73 Å². The molecule has 0 radical (unpaired) electrons. The number of anilines is 1. The number of rotatable bonds is 7. The molecule has 0 bridgehead atoms. The van der Waals surface area contributed by atoms with E-state index in [0.29, 0.717) is 15.0 Å². The van der Waals surface area contributed by atoms with Crippen molar-refractivity contribution in [2.45, 2.75) is 24.5 Å². The van der Waals surface area contributed by atoms with Gasteiger partial charge in [0.25, 0.3) is 0 Å². The van der Waals surface area contributed by atoms with Crippen molar-refractivity contribution in [2.75, 3.05) is 18.2 Å². The molecule has 0 saturated carbocycles. The Bertz CT molecular complexity index is 1030. The van der Waals surface area contributed by atoms with E-state index in [4.69, 9.17) is 4.78 Å². The van der Waals surface area contributed by atoms with Crippen molar-refractivity contribution in [1.82, 2.24) is 4.98 Å². The molecule has 0 fully saturated rings. The number of benzene rings is 1. The van der Waals surface area contributed by atoms with Gasteiger partial charge in [-0.1, -0.05) is 47.8 Å². The summed E-state index contributed by atoms with van der Waals surface area (Å²) in [6.45, 7) is 7.23. The molecular formula is C20H24N4O2S2. The fourth-order valence-electron chi connectivity index (χ4n) is 2.49. The average molecular weight is 417 g/mol. The molecule has 1 amide bonds. The molecule has 1 heterocycles. The summed E-state index contributed by atoms with van der Waals surface area (Å²) < 4.78 is 20.1. The van der Waals surface area contributed by atoms with Crippen molar-refractivity contribution in [3.8, 4) is 0 Å². The molecule has 0 saturated heterocycles. The maximum atomic E-state index is 12.6. The Labute approximate surface area is 170 Å². The van der Waals surface area contributed by atoms with Gasteiger partial charge in [-0.3, -0.25) is 14.7 Å². The van der Waals surface area contributed by atoms with Gasteiger partial charge in [0.15, 0.2) is 5.13 Å². The van der Waals surface area contributed by atoms with Crippen LogP contribution in [0, 0.1) is 11.7 Å². The predicted octanol–water partition coefficient (Wildman–Crippen LogP) is 4.31. The van der Waals surface area contributed by atoms with Gasteiger partial charge in [0, 0.05) is 18.9 Å². The van der Waals surface area contributed by atoms with E-state index in [2.05, 4.69) is 16.7 Å². The molecule has 2 rings (SSSR count). The molecule has 28 heavy (non-hydrogen) atoms. The molecule has 6 nitrogen and oxygen atoms in total. The van der Waals surface area contributed by atoms with Gasteiger partial charge in [-0.05, 0) is 32.2 Å². The molecule has 1 N–H and O–H groups in total. The van der Waals surface area contributed by atoms with E-state index in [1.165, 1.54) is 11.2 Å². The van der Waals surface area contributed by atoms with Crippen LogP contribution in [0.2, 0.25) is 0 Å². The van der Waals surface area contributed by atoms with Gasteiger partial charge in [0.05, 0.1) is 27.5 Å². The second-order valence-electron chi connectivity index (χ2n) is 6.28. The summed E-state index contributed by atoms with van der Waals surface area (Å²) in [5, 5.41) is 0.448. The summed E-state index contributed by atoms with van der Waals surface area (Å²) in [6, 6.07) is 7.59. The van der Waals surface area contributed by atoms with E-state index in [-0.39, 0.29) is 12.3 Å². The fraction of sp³-hybridized carbons (Fsp3) is 0.250. The minimum absolute atomic E-state index is 0.132. The molecule has 0 aliphatic carbocycles. The highest BCUT2D eigenvalue weighted by atomic mass is 32.2. The van der Waals surface area contributed by atoms with Crippen LogP contribution in [0.5, 0.6) is 0 Å². The van der Waals surface area contributed by atoms with Crippen molar-refractivity contribution in [2.24, 2.45) is 4.99 Å². The normalized spacial score (nSPS) is 14.1. The van der Waals surface area contributed by atoms with Gasteiger partial charge >= 0.3 is 0 Å². The zero-order valence-corrected chi connectivity index (χ0v) is 18.1. The number of carbonyl (C=O) groups is 1. The second kappa shape index (κ2) is 9.07. The third kappa shape index (κ3) is 5.24. The summed E-state index contributed by atoms with van der Waals surface area (Å²) in [4.78, 5) is 22.4. The number of amides is 1. The van der Waals surface area contributed by atoms with E-state index in [0.717, 1.165) is 28.2 Å². The first-order valence-corrected chi connectivity index (χ1v) is 11.3. The quantitative estimate of drug-likeness (QED) is 0.539. The number of thiazole rings is 1. The van der Waals surface area contributed by atoms with Crippen LogP contribution in [-0.4, -0.2) is 35.1 Å². The smallest absolute Gasteiger partial charge is 0.232 e. The second-order valence-corrected chi connectivity index (χ2v) is 9.61. The number of aryl methyl sites for hydroxylation is 1. The third-order valence-corrected chi connectivity index (χ3v) is 7.22. The Morgan fingerprint density at radius 2 is 2.04 bits per heavy atom. The molecule has 1 aromatic carbocycles. The summed E-state index contributed by atoms with van der Waals surface area (Å²) in [5.74, 6) is -0.132. The lowest BCUT2D eigenvalue weighted by atomic mass is 10.1. The number of aromatic nitrogens is 1. The molecular weight excluding hydrogens is 392 g/mol. The highest BCUT2D eigenvalue weighted by Crippen LogP contribution is 2.29. The van der Waals surface area contributed by atoms with Crippen molar-refractivity contribution in [1.29, 1.82) is 4.78 Å². The highest BCUT2D eigenvalue weighted by Gasteiger charge is 2.20. The number of aliphatic imine (C=N–C) groups is 1. The van der Waals surface area contributed by atoms with E-state index in [1.807, 2.05) is 49.4 Å². The summed E-state index contributed by atoms with van der Waals surface area (Å²) >= 11 is 1.13. The van der Waals surface area contributed by atoms with Gasteiger partial charge < -0.3 is 0 Å². The number of nitrogens with zero attached hydrogens (tertiary/aromatic N) is 3. The van der Waals surface area contributed by atoms with Crippen molar-refractivity contribution in [3.63, 3.8) is 0 Å². The van der Waals surface area contributed by atoms with Crippen LogP contribution < -0.4 is 4.90 Å². The van der Waals surface area contributed by atoms with Gasteiger partial charge in [0.1, 0.15) is 4.21 Å². The van der Waals surface area contributed by atoms with Crippen LogP contribution in [0.15, 0.2) is 51.7 Å². The van der Waals surface area contributed by atoms with E-state index >= 15 is 0 Å². The van der Waals surface area contributed by atoms with E-state index in [1.54, 1.807) is 14.0 Å². The zero-order chi connectivity index (χ0) is 20.9. The van der Waals surface area contributed by atoms with Crippen LogP contribution in [0.3, 0.4) is 0 Å². The lowest BCUT2D eigenvalue weighted by molar-refractivity contribution is -0.117. The maximum absolute atomic E-state index is 12.6. The monoisotopic (exact) mass is 416 g/mol. The molecule has 0 aliphatic rings. The summed E-state index contributed by atoms with van der Waals surface area (Å²) in [5.41, 5.74) is 3.08. The maximum Gasteiger partial charge on any atom is 0.232 e. The Hall–Kier alpha value is -2.58. The molecule has 0 aliphatic heterocycles. The largest absolute Gasteiger partial charge is 0.291 e. The van der Waals surface area contributed by atoms with Gasteiger partial charge in [-0.15, -0.1) is 0 Å². The molecule has 8 heteroatoms. The number of nitrogens with one attached hydrogen (secondary N) is 1. The third-order valence-electron chi connectivity index (χ3n) is 3.98. The van der Waals surface area contributed by atoms with Crippen LogP contribution in [-0.2, 0) is 20.9 Å². The van der Waals surface area contributed by atoms with Gasteiger partial charge in [-0.25, -0.2) is 14.0 Å². The molecule has 1 atom stereocenters. The molecule has 1 unspecified atom stereocenters. The molecule has 1 aromatic heterocycles. The molecule has 0 spiro atoms. The number of hydrogen-bond acceptors (Lipinski definition) is 6. The topological polar surface area (TPSA) is 86.5 Å². The minimum atomic E-state index is -2.86. The lowest BCUT2D eigenvalue weighted by Gasteiger charge is -2.14. The zero-order valence-electron chi connectivity index (χ0n) is 16.4. The standard InChI is InChI=1S/C20H24N4O2S2/c1-6-7-8-17(22-3)16-11-9-15(10-12-16)13-18(25)24(4)20-23-14(2)19(27-20)28(5,21)26/h6-12,21H,3,13H2,1-2,4-5H3/b7-6-,17-8-.